The number of rotatable bonds is 5. The van der Waals surface area contributed by atoms with E-state index in [1.165, 1.54) is 0 Å². The number of hydrogen-bond donors (Lipinski definition) is 1. The lowest BCUT2D eigenvalue weighted by molar-refractivity contribution is 0.378. The van der Waals surface area contributed by atoms with Gasteiger partial charge in [0.05, 0.1) is 13.0 Å². The zero-order valence-electron chi connectivity index (χ0n) is 9.61. The fourth-order valence-electron chi connectivity index (χ4n) is 1.48. The van der Waals surface area contributed by atoms with E-state index in [1.807, 2.05) is 31.2 Å². The Morgan fingerprint density at radius 2 is 2.18 bits per heavy atom. The third-order valence-electron chi connectivity index (χ3n) is 2.34. The fourth-order valence-corrected chi connectivity index (χ4v) is 1.68. The summed E-state index contributed by atoms with van der Waals surface area (Å²) in [5.41, 5.74) is 0.993. The Balaban J connectivity index is 2.04. The van der Waals surface area contributed by atoms with Gasteiger partial charge in [0.25, 0.3) is 0 Å². The van der Waals surface area contributed by atoms with Crippen LogP contribution in [0, 0.1) is 0 Å². The van der Waals surface area contributed by atoms with Gasteiger partial charge in [0.15, 0.2) is 5.82 Å². The van der Waals surface area contributed by atoms with Crippen molar-refractivity contribution in [2.24, 2.45) is 0 Å². The molecule has 1 heterocycles. The minimum absolute atomic E-state index is 0.568. The molecule has 0 atom stereocenters. The van der Waals surface area contributed by atoms with Crippen LogP contribution in [0.5, 0.6) is 0 Å². The molecule has 2 rings (SSSR count). The fraction of sp³-hybridized carbons (Fsp3) is 0.333. The number of aromatic nitrogens is 2. The van der Waals surface area contributed by atoms with E-state index >= 15 is 0 Å². The van der Waals surface area contributed by atoms with Crippen LogP contribution in [-0.4, -0.2) is 16.7 Å². The molecular weight excluding hydrogens is 238 g/mol. The molecule has 5 heteroatoms. The minimum Gasteiger partial charge on any atom is -0.339 e. The summed E-state index contributed by atoms with van der Waals surface area (Å²) >= 11 is 6.06. The molecule has 0 aliphatic rings. The van der Waals surface area contributed by atoms with Gasteiger partial charge in [-0.3, -0.25) is 0 Å². The number of nitrogens with zero attached hydrogens (tertiary/aromatic N) is 2. The lowest BCUT2D eigenvalue weighted by Crippen LogP contribution is -2.12. The van der Waals surface area contributed by atoms with Crippen LogP contribution in [0.25, 0.3) is 0 Å². The smallest absolute Gasteiger partial charge is 0.231 e. The van der Waals surface area contributed by atoms with Crippen LogP contribution in [0.1, 0.15) is 24.2 Å². The molecule has 17 heavy (non-hydrogen) atoms. The van der Waals surface area contributed by atoms with E-state index < -0.39 is 0 Å². The second-order valence-corrected chi connectivity index (χ2v) is 4.06. The lowest BCUT2D eigenvalue weighted by Gasteiger charge is -1.98. The highest BCUT2D eigenvalue weighted by molar-refractivity contribution is 6.31. The number of benzene rings is 1. The van der Waals surface area contributed by atoms with E-state index in [9.17, 15) is 0 Å². The van der Waals surface area contributed by atoms with Crippen LogP contribution in [-0.2, 0) is 13.0 Å². The highest BCUT2D eigenvalue weighted by Gasteiger charge is 2.08. The standard InChI is InChI=1S/C12H14ClN3O/c1-2-14-8-11-15-12(17-16-11)7-9-5-3-4-6-10(9)13/h3-6,14H,2,7-8H2,1H3. The molecule has 0 unspecified atom stereocenters. The van der Waals surface area contributed by atoms with Crippen molar-refractivity contribution in [3.8, 4) is 0 Å². The van der Waals surface area contributed by atoms with E-state index in [-0.39, 0.29) is 0 Å². The summed E-state index contributed by atoms with van der Waals surface area (Å²) < 4.78 is 5.16. The monoisotopic (exact) mass is 251 g/mol. The van der Waals surface area contributed by atoms with Crippen LogP contribution in [0.4, 0.5) is 0 Å². The SMILES string of the molecule is CCNCc1noc(Cc2ccccc2Cl)n1. The van der Waals surface area contributed by atoms with Crippen LogP contribution >= 0.6 is 11.6 Å². The molecule has 0 spiro atoms. The predicted molar refractivity (Wildman–Crippen MR) is 65.9 cm³/mol. The molecule has 1 aromatic carbocycles. The molecule has 0 fully saturated rings. The van der Waals surface area contributed by atoms with Gasteiger partial charge in [-0.15, -0.1) is 0 Å². The van der Waals surface area contributed by atoms with E-state index in [4.69, 9.17) is 16.1 Å². The number of hydrogen-bond acceptors (Lipinski definition) is 4. The molecule has 0 bridgehead atoms. The Bertz CT molecular complexity index is 484. The zero-order chi connectivity index (χ0) is 12.1. The van der Waals surface area contributed by atoms with Crippen molar-refractivity contribution in [3.05, 3.63) is 46.6 Å². The Hall–Kier alpha value is -1.39. The predicted octanol–water partition coefficient (Wildman–Crippen LogP) is 2.42. The zero-order valence-corrected chi connectivity index (χ0v) is 10.4. The highest BCUT2D eigenvalue weighted by atomic mass is 35.5. The van der Waals surface area contributed by atoms with Crippen LogP contribution in [0.3, 0.4) is 0 Å². The van der Waals surface area contributed by atoms with Gasteiger partial charge in [0.1, 0.15) is 0 Å². The first-order valence-corrected chi connectivity index (χ1v) is 5.93. The Morgan fingerprint density at radius 3 is 2.94 bits per heavy atom. The summed E-state index contributed by atoms with van der Waals surface area (Å²) in [7, 11) is 0. The Kier molecular flexibility index (Phi) is 4.12. The van der Waals surface area contributed by atoms with Crippen molar-refractivity contribution >= 4 is 11.6 Å². The largest absolute Gasteiger partial charge is 0.339 e. The van der Waals surface area contributed by atoms with Crippen LogP contribution in [0.15, 0.2) is 28.8 Å². The van der Waals surface area contributed by atoms with Crippen molar-refractivity contribution < 1.29 is 4.52 Å². The van der Waals surface area contributed by atoms with Crippen LogP contribution in [0.2, 0.25) is 5.02 Å². The van der Waals surface area contributed by atoms with Crippen molar-refractivity contribution in [3.63, 3.8) is 0 Å². The second-order valence-electron chi connectivity index (χ2n) is 3.65. The number of halogens is 1. The van der Waals surface area contributed by atoms with Gasteiger partial charge in [0.2, 0.25) is 5.89 Å². The summed E-state index contributed by atoms with van der Waals surface area (Å²) in [6.45, 7) is 3.54. The third-order valence-corrected chi connectivity index (χ3v) is 2.71. The summed E-state index contributed by atoms with van der Waals surface area (Å²) in [5.74, 6) is 1.26. The summed E-state index contributed by atoms with van der Waals surface area (Å²) in [6.07, 6.45) is 0.568. The molecule has 0 radical (unpaired) electrons. The maximum atomic E-state index is 6.06. The highest BCUT2D eigenvalue weighted by Crippen LogP contribution is 2.17. The van der Waals surface area contributed by atoms with Crippen molar-refractivity contribution in [2.45, 2.75) is 19.9 Å². The summed E-state index contributed by atoms with van der Waals surface area (Å²) in [6, 6.07) is 7.65. The maximum Gasteiger partial charge on any atom is 0.231 e. The van der Waals surface area contributed by atoms with Gasteiger partial charge < -0.3 is 9.84 Å². The molecule has 2 aromatic rings. The quantitative estimate of drug-likeness (QED) is 0.887. The molecule has 4 nitrogen and oxygen atoms in total. The van der Waals surface area contributed by atoms with E-state index in [0.29, 0.717) is 24.7 Å². The molecular formula is C12H14ClN3O. The van der Waals surface area contributed by atoms with Crippen molar-refractivity contribution in [1.82, 2.24) is 15.5 Å². The first-order chi connectivity index (χ1) is 8.29. The van der Waals surface area contributed by atoms with Crippen molar-refractivity contribution in [1.29, 1.82) is 0 Å². The molecule has 1 aromatic heterocycles. The van der Waals surface area contributed by atoms with Gasteiger partial charge in [-0.25, -0.2) is 0 Å². The molecule has 90 valence electrons. The van der Waals surface area contributed by atoms with Gasteiger partial charge in [-0.1, -0.05) is 41.9 Å². The van der Waals surface area contributed by atoms with E-state index in [0.717, 1.165) is 17.1 Å². The minimum atomic E-state index is 0.568. The van der Waals surface area contributed by atoms with Gasteiger partial charge in [-0.2, -0.15) is 4.98 Å². The van der Waals surface area contributed by atoms with Gasteiger partial charge in [-0.05, 0) is 18.2 Å². The average molecular weight is 252 g/mol. The second kappa shape index (κ2) is 5.80. The molecule has 0 saturated carbocycles. The average Bonchev–Trinajstić information content (AvgIpc) is 2.77. The van der Waals surface area contributed by atoms with Gasteiger partial charge >= 0.3 is 0 Å². The van der Waals surface area contributed by atoms with E-state index in [2.05, 4.69) is 15.5 Å². The van der Waals surface area contributed by atoms with Crippen molar-refractivity contribution in [2.75, 3.05) is 6.54 Å². The summed E-state index contributed by atoms with van der Waals surface area (Å²) in [4.78, 5) is 4.29. The maximum absolute atomic E-state index is 6.06. The topological polar surface area (TPSA) is 51.0 Å². The Labute approximate surface area is 105 Å². The summed E-state index contributed by atoms with van der Waals surface area (Å²) in [5, 5.41) is 7.75. The molecule has 0 saturated heterocycles. The number of nitrogens with one attached hydrogen (secondary N) is 1. The molecule has 0 aliphatic heterocycles. The molecule has 0 amide bonds. The van der Waals surface area contributed by atoms with Crippen LogP contribution < -0.4 is 5.32 Å². The van der Waals surface area contributed by atoms with E-state index in [1.54, 1.807) is 0 Å². The molecule has 0 aliphatic carbocycles. The molecule has 1 N–H and O–H groups in total. The first kappa shape index (κ1) is 12.1. The third kappa shape index (κ3) is 3.28. The van der Waals surface area contributed by atoms with Gasteiger partial charge in [0, 0.05) is 5.02 Å². The first-order valence-electron chi connectivity index (χ1n) is 5.55. The normalized spacial score (nSPS) is 10.7. The lowest BCUT2D eigenvalue weighted by atomic mass is 10.1. The Morgan fingerprint density at radius 1 is 1.35 bits per heavy atom.